The van der Waals surface area contributed by atoms with Crippen molar-refractivity contribution in [3.8, 4) is 0 Å². The van der Waals surface area contributed by atoms with Crippen molar-refractivity contribution in [1.82, 2.24) is 0 Å². The first-order valence-corrected chi connectivity index (χ1v) is 7.20. The Labute approximate surface area is 105 Å². The smallest absolute Gasteiger partial charge is 0.0813 e. The molecule has 1 saturated carbocycles. The highest BCUT2D eigenvalue weighted by molar-refractivity contribution is 4.86. The van der Waals surface area contributed by atoms with Crippen LogP contribution in [0.3, 0.4) is 0 Å². The molecule has 0 bridgehead atoms. The maximum absolute atomic E-state index is 6.41. The summed E-state index contributed by atoms with van der Waals surface area (Å²) in [7, 11) is 0. The molecule has 17 heavy (non-hydrogen) atoms. The van der Waals surface area contributed by atoms with Crippen molar-refractivity contribution < 1.29 is 9.47 Å². The summed E-state index contributed by atoms with van der Waals surface area (Å²) in [6.07, 6.45) is 10.5. The minimum Gasteiger partial charge on any atom is -0.377 e. The van der Waals surface area contributed by atoms with Crippen LogP contribution in [-0.4, -0.2) is 31.0 Å². The van der Waals surface area contributed by atoms with Crippen LogP contribution in [0.4, 0.5) is 0 Å². The molecule has 1 saturated heterocycles. The minimum atomic E-state index is -0.0687. The number of hydrogen-bond donors (Lipinski definition) is 1. The number of nitrogens with two attached hydrogens (primary N) is 1. The van der Waals surface area contributed by atoms with E-state index in [9.17, 15) is 0 Å². The highest BCUT2D eigenvalue weighted by Crippen LogP contribution is 2.26. The molecular weight excluding hydrogens is 214 g/mol. The van der Waals surface area contributed by atoms with Gasteiger partial charge in [0.05, 0.1) is 25.4 Å². The molecule has 0 aromatic carbocycles. The van der Waals surface area contributed by atoms with Crippen molar-refractivity contribution in [1.29, 1.82) is 0 Å². The molecule has 3 heteroatoms. The molecule has 2 atom stereocenters. The van der Waals surface area contributed by atoms with Crippen molar-refractivity contribution in [2.24, 2.45) is 5.73 Å². The molecule has 2 unspecified atom stereocenters. The fraction of sp³-hybridized carbons (Fsp3) is 1.00. The van der Waals surface area contributed by atoms with Crippen molar-refractivity contribution in [3.63, 3.8) is 0 Å². The monoisotopic (exact) mass is 241 g/mol. The first-order chi connectivity index (χ1) is 8.18. The lowest BCUT2D eigenvalue weighted by Crippen LogP contribution is -2.44. The van der Waals surface area contributed by atoms with E-state index in [1.807, 2.05) is 0 Å². The van der Waals surface area contributed by atoms with Crippen molar-refractivity contribution in [3.05, 3.63) is 0 Å². The van der Waals surface area contributed by atoms with Crippen molar-refractivity contribution >= 4 is 0 Å². The molecule has 2 N–H and O–H groups in total. The fourth-order valence-corrected chi connectivity index (χ4v) is 2.98. The Morgan fingerprint density at radius 2 is 1.88 bits per heavy atom. The highest BCUT2D eigenvalue weighted by Gasteiger charge is 2.28. The van der Waals surface area contributed by atoms with Crippen LogP contribution in [0.5, 0.6) is 0 Å². The van der Waals surface area contributed by atoms with Crippen LogP contribution in [0.1, 0.15) is 58.3 Å². The highest BCUT2D eigenvalue weighted by atomic mass is 16.5. The summed E-state index contributed by atoms with van der Waals surface area (Å²) in [5, 5.41) is 0. The third kappa shape index (κ3) is 4.23. The lowest BCUT2D eigenvalue weighted by Gasteiger charge is -2.28. The largest absolute Gasteiger partial charge is 0.377 e. The van der Waals surface area contributed by atoms with E-state index in [0.717, 1.165) is 25.9 Å². The van der Waals surface area contributed by atoms with Gasteiger partial charge >= 0.3 is 0 Å². The quantitative estimate of drug-likeness (QED) is 0.770. The van der Waals surface area contributed by atoms with E-state index in [4.69, 9.17) is 15.2 Å². The molecule has 1 heterocycles. The van der Waals surface area contributed by atoms with Crippen LogP contribution in [-0.2, 0) is 9.47 Å². The van der Waals surface area contributed by atoms with E-state index in [1.54, 1.807) is 0 Å². The molecule has 2 aliphatic rings. The number of rotatable bonds is 4. The maximum atomic E-state index is 6.41. The van der Waals surface area contributed by atoms with Gasteiger partial charge in [-0.3, -0.25) is 0 Å². The van der Waals surface area contributed by atoms with E-state index in [-0.39, 0.29) is 5.54 Å². The van der Waals surface area contributed by atoms with Crippen LogP contribution in [0, 0.1) is 0 Å². The van der Waals surface area contributed by atoms with E-state index in [2.05, 4.69) is 6.92 Å². The molecule has 100 valence electrons. The lowest BCUT2D eigenvalue weighted by molar-refractivity contribution is -0.0226. The van der Waals surface area contributed by atoms with Gasteiger partial charge in [-0.15, -0.1) is 0 Å². The van der Waals surface area contributed by atoms with Crippen LogP contribution in [0.25, 0.3) is 0 Å². The van der Waals surface area contributed by atoms with Gasteiger partial charge in [0.1, 0.15) is 0 Å². The van der Waals surface area contributed by atoms with E-state index >= 15 is 0 Å². The molecule has 1 aliphatic heterocycles. The van der Waals surface area contributed by atoms with Crippen LogP contribution in [0.2, 0.25) is 0 Å². The molecule has 0 aromatic heterocycles. The van der Waals surface area contributed by atoms with Gasteiger partial charge in [0.15, 0.2) is 0 Å². The third-order valence-electron chi connectivity index (χ3n) is 4.11. The molecule has 0 aromatic rings. The van der Waals surface area contributed by atoms with Gasteiger partial charge in [-0.2, -0.15) is 0 Å². The van der Waals surface area contributed by atoms with Crippen molar-refractivity contribution in [2.75, 3.05) is 13.2 Å². The van der Waals surface area contributed by atoms with Crippen LogP contribution in [0.15, 0.2) is 0 Å². The molecule has 0 radical (unpaired) electrons. The first-order valence-electron chi connectivity index (χ1n) is 7.20. The zero-order valence-electron chi connectivity index (χ0n) is 11.1. The SMILES string of the molecule is CC1CCC(COCC2(N)CCCCCC2)O1. The second-order valence-corrected chi connectivity index (χ2v) is 5.94. The lowest BCUT2D eigenvalue weighted by atomic mass is 9.93. The Kier molecular flexibility index (Phi) is 4.83. The van der Waals surface area contributed by atoms with E-state index in [0.29, 0.717) is 18.8 Å². The predicted molar refractivity (Wildman–Crippen MR) is 69.0 cm³/mol. The zero-order valence-corrected chi connectivity index (χ0v) is 11.1. The zero-order chi connectivity index (χ0) is 12.1. The second kappa shape index (κ2) is 6.17. The summed E-state index contributed by atoms with van der Waals surface area (Å²) in [5.74, 6) is 0. The summed E-state index contributed by atoms with van der Waals surface area (Å²) >= 11 is 0. The summed E-state index contributed by atoms with van der Waals surface area (Å²) in [4.78, 5) is 0. The molecule has 0 amide bonds. The van der Waals surface area contributed by atoms with Crippen LogP contribution >= 0.6 is 0 Å². The average molecular weight is 241 g/mol. The first kappa shape index (κ1) is 13.3. The average Bonchev–Trinajstić information content (AvgIpc) is 2.58. The standard InChI is InChI=1S/C14H27NO2/c1-12-6-7-13(17-12)10-16-11-14(15)8-4-2-3-5-9-14/h12-13H,2-11,15H2,1H3. The number of ether oxygens (including phenoxy) is 2. The Balaban J connectivity index is 1.66. The van der Waals surface area contributed by atoms with Gasteiger partial charge in [-0.05, 0) is 32.6 Å². The Morgan fingerprint density at radius 3 is 2.47 bits per heavy atom. The summed E-state index contributed by atoms with van der Waals surface area (Å²) < 4.78 is 11.6. The predicted octanol–water partition coefficient (Wildman–Crippen LogP) is 2.62. The Morgan fingerprint density at radius 1 is 1.18 bits per heavy atom. The van der Waals surface area contributed by atoms with E-state index in [1.165, 1.54) is 32.1 Å². The van der Waals surface area contributed by atoms with Gasteiger partial charge in [-0.25, -0.2) is 0 Å². The molecule has 1 aliphatic carbocycles. The van der Waals surface area contributed by atoms with Gasteiger partial charge in [-0.1, -0.05) is 25.7 Å². The Hall–Kier alpha value is -0.120. The van der Waals surface area contributed by atoms with Gasteiger partial charge in [0.25, 0.3) is 0 Å². The number of hydrogen-bond acceptors (Lipinski definition) is 3. The second-order valence-electron chi connectivity index (χ2n) is 5.94. The normalized spacial score (nSPS) is 33.5. The van der Waals surface area contributed by atoms with E-state index < -0.39 is 0 Å². The summed E-state index contributed by atoms with van der Waals surface area (Å²) in [5.41, 5.74) is 6.34. The van der Waals surface area contributed by atoms with Gasteiger partial charge in [0.2, 0.25) is 0 Å². The minimum absolute atomic E-state index is 0.0687. The molecular formula is C14H27NO2. The summed E-state index contributed by atoms with van der Waals surface area (Å²) in [6.45, 7) is 3.57. The topological polar surface area (TPSA) is 44.5 Å². The van der Waals surface area contributed by atoms with Gasteiger partial charge < -0.3 is 15.2 Å². The fourth-order valence-electron chi connectivity index (χ4n) is 2.98. The van der Waals surface area contributed by atoms with Crippen molar-refractivity contribution in [2.45, 2.75) is 76.0 Å². The van der Waals surface area contributed by atoms with Crippen LogP contribution < -0.4 is 5.73 Å². The molecule has 2 fully saturated rings. The molecule has 2 rings (SSSR count). The molecule has 0 spiro atoms. The third-order valence-corrected chi connectivity index (χ3v) is 4.11. The maximum Gasteiger partial charge on any atom is 0.0813 e. The summed E-state index contributed by atoms with van der Waals surface area (Å²) in [6, 6.07) is 0. The van der Waals surface area contributed by atoms with Gasteiger partial charge in [0, 0.05) is 5.54 Å². The Bertz CT molecular complexity index is 224. The molecule has 3 nitrogen and oxygen atoms in total.